The summed E-state index contributed by atoms with van der Waals surface area (Å²) in [5.41, 5.74) is 3.80. The van der Waals surface area contributed by atoms with Crippen molar-refractivity contribution in [3.63, 3.8) is 0 Å². The molecule has 31 heavy (non-hydrogen) atoms. The summed E-state index contributed by atoms with van der Waals surface area (Å²) in [4.78, 5) is 22.1. The summed E-state index contributed by atoms with van der Waals surface area (Å²) in [5.74, 6) is 1.37. The molecule has 1 aromatic heterocycles. The first kappa shape index (κ1) is 21.1. The highest BCUT2D eigenvalue weighted by Gasteiger charge is 2.21. The third-order valence-corrected chi connectivity index (χ3v) is 5.98. The van der Waals surface area contributed by atoms with Crippen LogP contribution in [0.1, 0.15) is 30.8 Å². The molecule has 0 bridgehead atoms. The third kappa shape index (κ3) is 4.47. The predicted octanol–water partition coefficient (Wildman–Crippen LogP) is 3.33. The molecular formula is C25H29N5O. The Morgan fingerprint density at radius 1 is 1.10 bits per heavy atom. The zero-order valence-electron chi connectivity index (χ0n) is 18.5. The van der Waals surface area contributed by atoms with Gasteiger partial charge in [-0.2, -0.15) is 5.26 Å². The van der Waals surface area contributed by atoms with E-state index in [1.807, 2.05) is 30.3 Å². The lowest BCUT2D eigenvalue weighted by atomic mass is 10.00. The van der Waals surface area contributed by atoms with Gasteiger partial charge in [0, 0.05) is 33.2 Å². The van der Waals surface area contributed by atoms with Crippen molar-refractivity contribution < 1.29 is 0 Å². The minimum atomic E-state index is -0.000125. The SMILES string of the molecule is CC(C)Cc1ccc(C#N)c(N2CCN(Cc3nc4ccccc4c(=O)n3C)CC2)c1. The van der Waals surface area contributed by atoms with Crippen molar-refractivity contribution in [3.05, 3.63) is 69.8 Å². The van der Waals surface area contributed by atoms with Gasteiger partial charge in [0.2, 0.25) is 0 Å². The molecule has 0 saturated carbocycles. The van der Waals surface area contributed by atoms with Crippen LogP contribution in [0.4, 0.5) is 5.69 Å². The molecule has 3 aromatic rings. The summed E-state index contributed by atoms with van der Waals surface area (Å²) in [6, 6.07) is 16.1. The molecule has 1 fully saturated rings. The topological polar surface area (TPSA) is 65.2 Å². The zero-order valence-corrected chi connectivity index (χ0v) is 18.5. The molecule has 2 heterocycles. The lowest BCUT2D eigenvalue weighted by molar-refractivity contribution is 0.240. The molecule has 0 amide bonds. The van der Waals surface area contributed by atoms with Crippen molar-refractivity contribution >= 4 is 16.6 Å². The second kappa shape index (κ2) is 8.91. The Morgan fingerprint density at radius 3 is 2.55 bits per heavy atom. The summed E-state index contributed by atoms with van der Waals surface area (Å²) < 4.78 is 1.66. The number of benzene rings is 2. The van der Waals surface area contributed by atoms with Gasteiger partial charge in [0.05, 0.1) is 28.7 Å². The quantitative estimate of drug-likeness (QED) is 0.640. The molecule has 0 aliphatic carbocycles. The van der Waals surface area contributed by atoms with E-state index in [1.54, 1.807) is 11.6 Å². The van der Waals surface area contributed by atoms with Crippen LogP contribution >= 0.6 is 0 Å². The second-order valence-corrected chi connectivity index (χ2v) is 8.73. The molecule has 160 valence electrons. The Hall–Kier alpha value is -3.17. The Bertz CT molecular complexity index is 1180. The van der Waals surface area contributed by atoms with Gasteiger partial charge in [0.15, 0.2) is 0 Å². The van der Waals surface area contributed by atoms with Gasteiger partial charge in [-0.3, -0.25) is 14.3 Å². The molecule has 0 N–H and O–H groups in total. The van der Waals surface area contributed by atoms with E-state index >= 15 is 0 Å². The van der Waals surface area contributed by atoms with E-state index in [2.05, 4.69) is 41.8 Å². The van der Waals surface area contributed by atoms with Crippen LogP contribution in [-0.2, 0) is 20.0 Å². The van der Waals surface area contributed by atoms with Gasteiger partial charge in [0.25, 0.3) is 5.56 Å². The first-order chi connectivity index (χ1) is 15.0. The molecule has 4 rings (SSSR count). The molecule has 0 unspecified atom stereocenters. The van der Waals surface area contributed by atoms with Gasteiger partial charge in [-0.1, -0.05) is 32.0 Å². The molecule has 1 aliphatic heterocycles. The Labute approximate surface area is 183 Å². The minimum absolute atomic E-state index is 0.000125. The van der Waals surface area contributed by atoms with Gasteiger partial charge in [-0.25, -0.2) is 4.98 Å². The normalized spacial score (nSPS) is 14.9. The van der Waals surface area contributed by atoms with Crippen molar-refractivity contribution in [1.29, 1.82) is 5.26 Å². The van der Waals surface area contributed by atoms with Gasteiger partial charge in [-0.15, -0.1) is 0 Å². The number of aromatic nitrogens is 2. The van der Waals surface area contributed by atoms with Crippen LogP contribution in [0.2, 0.25) is 0 Å². The number of hydrogen-bond acceptors (Lipinski definition) is 5. The standard InChI is InChI=1S/C25H29N5O/c1-18(2)14-19-8-9-20(16-26)23(15-19)30-12-10-29(11-13-30)17-24-27-22-7-5-4-6-21(22)25(31)28(24)3/h4-9,15,18H,10-14,17H2,1-3H3. The summed E-state index contributed by atoms with van der Waals surface area (Å²) in [6.45, 7) is 8.49. The lowest BCUT2D eigenvalue weighted by Gasteiger charge is -2.36. The van der Waals surface area contributed by atoms with Gasteiger partial charge in [0.1, 0.15) is 11.9 Å². The number of nitriles is 1. The number of rotatable bonds is 5. The van der Waals surface area contributed by atoms with Crippen LogP contribution < -0.4 is 10.5 Å². The number of fused-ring (bicyclic) bond motifs is 1. The molecule has 0 radical (unpaired) electrons. The maximum absolute atomic E-state index is 12.7. The highest BCUT2D eigenvalue weighted by Crippen LogP contribution is 2.25. The first-order valence-electron chi connectivity index (χ1n) is 10.9. The average Bonchev–Trinajstić information content (AvgIpc) is 2.77. The third-order valence-electron chi connectivity index (χ3n) is 5.98. The number of piperazine rings is 1. The molecule has 0 atom stereocenters. The smallest absolute Gasteiger partial charge is 0.261 e. The molecule has 2 aromatic carbocycles. The maximum atomic E-state index is 12.7. The molecule has 1 saturated heterocycles. The van der Waals surface area contributed by atoms with E-state index in [9.17, 15) is 10.1 Å². The number of para-hydroxylation sites is 1. The second-order valence-electron chi connectivity index (χ2n) is 8.73. The molecule has 6 heteroatoms. The number of hydrogen-bond donors (Lipinski definition) is 0. The minimum Gasteiger partial charge on any atom is -0.368 e. The van der Waals surface area contributed by atoms with Crippen molar-refractivity contribution in [3.8, 4) is 6.07 Å². The van der Waals surface area contributed by atoms with E-state index in [0.29, 0.717) is 17.8 Å². The highest BCUT2D eigenvalue weighted by molar-refractivity contribution is 5.77. The van der Waals surface area contributed by atoms with Crippen LogP contribution in [0.25, 0.3) is 10.9 Å². The lowest BCUT2D eigenvalue weighted by Crippen LogP contribution is -2.46. The van der Waals surface area contributed by atoms with Crippen LogP contribution in [0.3, 0.4) is 0 Å². The molecule has 1 aliphatic rings. The van der Waals surface area contributed by atoms with E-state index in [0.717, 1.165) is 55.2 Å². The van der Waals surface area contributed by atoms with Crippen molar-refractivity contribution in [2.75, 3.05) is 31.1 Å². The average molecular weight is 416 g/mol. The molecular weight excluding hydrogens is 386 g/mol. The van der Waals surface area contributed by atoms with Crippen LogP contribution in [0, 0.1) is 17.2 Å². The predicted molar refractivity (Wildman–Crippen MR) is 124 cm³/mol. The van der Waals surface area contributed by atoms with Gasteiger partial charge >= 0.3 is 0 Å². The summed E-state index contributed by atoms with van der Waals surface area (Å²) in [7, 11) is 1.80. The molecule has 6 nitrogen and oxygen atoms in total. The van der Waals surface area contributed by atoms with Crippen LogP contribution in [0.5, 0.6) is 0 Å². The highest BCUT2D eigenvalue weighted by atomic mass is 16.1. The van der Waals surface area contributed by atoms with Crippen molar-refractivity contribution in [2.45, 2.75) is 26.8 Å². The Morgan fingerprint density at radius 2 is 1.84 bits per heavy atom. The summed E-state index contributed by atoms with van der Waals surface area (Å²) >= 11 is 0. The van der Waals surface area contributed by atoms with E-state index in [1.165, 1.54) is 5.56 Å². The summed E-state index contributed by atoms with van der Waals surface area (Å²) in [6.07, 6.45) is 1.01. The largest absolute Gasteiger partial charge is 0.368 e. The van der Waals surface area contributed by atoms with Crippen LogP contribution in [-0.4, -0.2) is 40.6 Å². The number of anilines is 1. The van der Waals surface area contributed by atoms with Gasteiger partial charge in [-0.05, 0) is 42.2 Å². The number of nitrogens with zero attached hydrogens (tertiary/aromatic N) is 5. The fourth-order valence-electron chi connectivity index (χ4n) is 4.28. The zero-order chi connectivity index (χ0) is 22.0. The Balaban J connectivity index is 1.49. The van der Waals surface area contributed by atoms with Crippen LogP contribution in [0.15, 0.2) is 47.3 Å². The fourth-order valence-corrected chi connectivity index (χ4v) is 4.28. The summed E-state index contributed by atoms with van der Waals surface area (Å²) in [5, 5.41) is 10.2. The molecule has 0 spiro atoms. The Kier molecular flexibility index (Phi) is 6.06. The maximum Gasteiger partial charge on any atom is 0.261 e. The van der Waals surface area contributed by atoms with Gasteiger partial charge < -0.3 is 4.90 Å². The van der Waals surface area contributed by atoms with E-state index in [-0.39, 0.29) is 5.56 Å². The fraction of sp³-hybridized carbons (Fsp3) is 0.400. The van der Waals surface area contributed by atoms with Crippen molar-refractivity contribution in [1.82, 2.24) is 14.5 Å². The van der Waals surface area contributed by atoms with E-state index in [4.69, 9.17) is 4.98 Å². The van der Waals surface area contributed by atoms with Crippen molar-refractivity contribution in [2.24, 2.45) is 13.0 Å². The first-order valence-corrected chi connectivity index (χ1v) is 10.9. The monoisotopic (exact) mass is 415 g/mol. The van der Waals surface area contributed by atoms with E-state index < -0.39 is 0 Å².